The topological polar surface area (TPSA) is 67.4 Å². The standard InChI is InChI=1S/C12H24N2O3S/c15-18(16,9-1-6-13-12-4-5-12)14-7-8-17-10-11-2-3-11/h11-14H,1-10H2. The summed E-state index contributed by atoms with van der Waals surface area (Å²) in [4.78, 5) is 0. The monoisotopic (exact) mass is 276 g/mol. The van der Waals surface area contributed by atoms with Crippen molar-refractivity contribution in [3.05, 3.63) is 0 Å². The van der Waals surface area contributed by atoms with Gasteiger partial charge in [0.1, 0.15) is 0 Å². The van der Waals surface area contributed by atoms with Crippen molar-refractivity contribution in [2.75, 3.05) is 32.1 Å². The van der Waals surface area contributed by atoms with E-state index in [4.69, 9.17) is 4.74 Å². The lowest BCUT2D eigenvalue weighted by molar-refractivity contribution is 0.129. The fourth-order valence-corrected chi connectivity index (χ4v) is 2.79. The molecule has 5 nitrogen and oxygen atoms in total. The molecule has 18 heavy (non-hydrogen) atoms. The van der Waals surface area contributed by atoms with E-state index in [1.165, 1.54) is 25.7 Å². The SMILES string of the molecule is O=S(=O)(CCCNC1CC1)NCCOCC1CC1. The van der Waals surface area contributed by atoms with E-state index in [0.717, 1.165) is 19.1 Å². The Morgan fingerprint density at radius 2 is 1.89 bits per heavy atom. The third kappa shape index (κ3) is 6.68. The number of hydrogen-bond donors (Lipinski definition) is 2. The maximum atomic E-state index is 11.6. The summed E-state index contributed by atoms with van der Waals surface area (Å²) in [6.07, 6.45) is 5.68. The predicted molar refractivity (Wildman–Crippen MR) is 71.0 cm³/mol. The van der Waals surface area contributed by atoms with Gasteiger partial charge in [-0.15, -0.1) is 0 Å². The minimum atomic E-state index is -3.11. The van der Waals surface area contributed by atoms with Crippen molar-refractivity contribution in [2.45, 2.75) is 38.1 Å². The molecule has 0 radical (unpaired) electrons. The van der Waals surface area contributed by atoms with E-state index >= 15 is 0 Å². The summed E-state index contributed by atoms with van der Waals surface area (Å²) in [5, 5.41) is 3.31. The highest BCUT2D eigenvalue weighted by Crippen LogP contribution is 2.28. The molecule has 6 heteroatoms. The molecule has 0 bridgehead atoms. The normalized spacial score (nSPS) is 20.2. The van der Waals surface area contributed by atoms with Crippen LogP contribution in [0.3, 0.4) is 0 Å². The first-order valence-corrected chi connectivity index (χ1v) is 8.59. The third-order valence-electron chi connectivity index (χ3n) is 3.22. The van der Waals surface area contributed by atoms with E-state index in [1.54, 1.807) is 0 Å². The van der Waals surface area contributed by atoms with Gasteiger partial charge >= 0.3 is 0 Å². The second-order valence-electron chi connectivity index (χ2n) is 5.31. The summed E-state index contributed by atoms with van der Waals surface area (Å²) >= 11 is 0. The van der Waals surface area contributed by atoms with Gasteiger partial charge in [0.2, 0.25) is 10.0 Å². The van der Waals surface area contributed by atoms with Gasteiger partial charge < -0.3 is 10.1 Å². The Labute approximate surface area is 110 Å². The summed E-state index contributed by atoms with van der Waals surface area (Å²) in [6.45, 7) is 2.46. The maximum absolute atomic E-state index is 11.6. The molecule has 0 aromatic carbocycles. The highest BCUT2D eigenvalue weighted by atomic mass is 32.2. The zero-order valence-electron chi connectivity index (χ0n) is 10.9. The quantitative estimate of drug-likeness (QED) is 0.539. The molecule has 0 saturated heterocycles. The van der Waals surface area contributed by atoms with Gasteiger partial charge in [0.15, 0.2) is 0 Å². The van der Waals surface area contributed by atoms with Crippen molar-refractivity contribution in [3.8, 4) is 0 Å². The fraction of sp³-hybridized carbons (Fsp3) is 1.00. The van der Waals surface area contributed by atoms with Crippen LogP contribution in [0.25, 0.3) is 0 Å². The number of sulfonamides is 1. The first-order valence-electron chi connectivity index (χ1n) is 6.94. The Morgan fingerprint density at radius 1 is 1.11 bits per heavy atom. The van der Waals surface area contributed by atoms with E-state index in [2.05, 4.69) is 10.0 Å². The fourth-order valence-electron chi connectivity index (χ4n) is 1.73. The molecule has 2 aliphatic carbocycles. The predicted octanol–water partition coefficient (Wildman–Crippen LogP) is 0.475. The summed E-state index contributed by atoms with van der Waals surface area (Å²) in [5.41, 5.74) is 0. The molecule has 0 aliphatic heterocycles. The smallest absolute Gasteiger partial charge is 0.211 e. The van der Waals surface area contributed by atoms with Crippen molar-refractivity contribution in [2.24, 2.45) is 5.92 Å². The van der Waals surface area contributed by atoms with Gasteiger partial charge in [0.05, 0.1) is 12.4 Å². The number of rotatable bonds is 11. The van der Waals surface area contributed by atoms with Crippen molar-refractivity contribution in [1.82, 2.24) is 10.0 Å². The van der Waals surface area contributed by atoms with Gasteiger partial charge in [-0.05, 0) is 44.6 Å². The summed E-state index contributed by atoms with van der Waals surface area (Å²) in [7, 11) is -3.11. The van der Waals surface area contributed by atoms with Crippen LogP contribution in [0.2, 0.25) is 0 Å². The molecule has 2 aliphatic rings. The Kier molecular flexibility index (Phi) is 5.41. The molecule has 2 rings (SSSR count). The van der Waals surface area contributed by atoms with Crippen LogP contribution >= 0.6 is 0 Å². The van der Waals surface area contributed by atoms with E-state index in [9.17, 15) is 8.42 Å². The van der Waals surface area contributed by atoms with Crippen LogP contribution < -0.4 is 10.0 Å². The highest BCUT2D eigenvalue weighted by molar-refractivity contribution is 7.89. The Morgan fingerprint density at radius 3 is 2.56 bits per heavy atom. The van der Waals surface area contributed by atoms with Gasteiger partial charge in [-0.2, -0.15) is 0 Å². The van der Waals surface area contributed by atoms with Crippen LogP contribution in [0.15, 0.2) is 0 Å². The molecule has 2 fully saturated rings. The van der Waals surface area contributed by atoms with E-state index < -0.39 is 10.0 Å². The maximum Gasteiger partial charge on any atom is 0.211 e. The second-order valence-corrected chi connectivity index (χ2v) is 7.24. The molecule has 106 valence electrons. The average molecular weight is 276 g/mol. The highest BCUT2D eigenvalue weighted by Gasteiger charge is 2.21. The first kappa shape index (κ1) is 14.2. The molecule has 0 heterocycles. The van der Waals surface area contributed by atoms with E-state index in [0.29, 0.717) is 25.6 Å². The molecule has 0 aromatic rings. The zero-order chi connectivity index (χ0) is 12.8. The number of nitrogens with one attached hydrogen (secondary N) is 2. The Balaban J connectivity index is 1.43. The zero-order valence-corrected chi connectivity index (χ0v) is 11.7. The second kappa shape index (κ2) is 6.84. The van der Waals surface area contributed by atoms with Gasteiger partial charge in [-0.25, -0.2) is 13.1 Å². The minimum absolute atomic E-state index is 0.204. The molecule has 2 N–H and O–H groups in total. The van der Waals surface area contributed by atoms with Crippen LogP contribution in [0.4, 0.5) is 0 Å². The number of ether oxygens (including phenoxy) is 1. The molecule has 0 atom stereocenters. The lowest BCUT2D eigenvalue weighted by Crippen LogP contribution is -2.31. The largest absolute Gasteiger partial charge is 0.380 e. The average Bonchev–Trinajstić information content (AvgIpc) is 3.17. The Hall–Kier alpha value is -0.170. The van der Waals surface area contributed by atoms with Crippen molar-refractivity contribution in [3.63, 3.8) is 0 Å². The van der Waals surface area contributed by atoms with Gasteiger partial charge in [0, 0.05) is 19.2 Å². The van der Waals surface area contributed by atoms with E-state index in [-0.39, 0.29) is 5.75 Å². The lowest BCUT2D eigenvalue weighted by Gasteiger charge is -2.07. The van der Waals surface area contributed by atoms with Crippen LogP contribution in [0, 0.1) is 5.92 Å². The van der Waals surface area contributed by atoms with Gasteiger partial charge in [-0.1, -0.05) is 0 Å². The summed E-state index contributed by atoms with van der Waals surface area (Å²) in [5.74, 6) is 0.935. The number of hydrogen-bond acceptors (Lipinski definition) is 4. The molecule has 0 spiro atoms. The Bertz CT molecular complexity index is 337. The van der Waals surface area contributed by atoms with E-state index in [1.807, 2.05) is 0 Å². The lowest BCUT2D eigenvalue weighted by atomic mass is 10.5. The van der Waals surface area contributed by atoms with Crippen LogP contribution in [-0.2, 0) is 14.8 Å². The summed E-state index contributed by atoms with van der Waals surface area (Å²) < 4.78 is 31.2. The van der Waals surface area contributed by atoms with Crippen LogP contribution in [-0.4, -0.2) is 46.5 Å². The van der Waals surface area contributed by atoms with Crippen molar-refractivity contribution in [1.29, 1.82) is 0 Å². The van der Waals surface area contributed by atoms with Crippen LogP contribution in [0.1, 0.15) is 32.1 Å². The first-order chi connectivity index (χ1) is 8.66. The minimum Gasteiger partial charge on any atom is -0.380 e. The molecular formula is C12H24N2O3S. The van der Waals surface area contributed by atoms with Gasteiger partial charge in [-0.3, -0.25) is 0 Å². The van der Waals surface area contributed by atoms with Crippen molar-refractivity contribution < 1.29 is 13.2 Å². The van der Waals surface area contributed by atoms with Crippen molar-refractivity contribution >= 4 is 10.0 Å². The molecular weight excluding hydrogens is 252 g/mol. The van der Waals surface area contributed by atoms with Gasteiger partial charge in [0.25, 0.3) is 0 Å². The summed E-state index contributed by atoms with van der Waals surface area (Å²) in [6, 6.07) is 0.650. The van der Waals surface area contributed by atoms with Crippen LogP contribution in [0.5, 0.6) is 0 Å². The molecule has 0 amide bonds. The third-order valence-corrected chi connectivity index (χ3v) is 4.69. The molecule has 0 unspecified atom stereocenters. The molecule has 0 aromatic heterocycles. The molecule has 2 saturated carbocycles.